The fourth-order valence-corrected chi connectivity index (χ4v) is 1.49. The van der Waals surface area contributed by atoms with E-state index in [0.29, 0.717) is 5.57 Å². The van der Waals surface area contributed by atoms with Crippen LogP contribution in [-0.4, -0.2) is 35.9 Å². The van der Waals surface area contributed by atoms with Gasteiger partial charge in [0.1, 0.15) is 0 Å². The number of carboxylic acid groups (broad SMARTS) is 1. The van der Waals surface area contributed by atoms with Gasteiger partial charge < -0.3 is 14.9 Å². The Morgan fingerprint density at radius 3 is 2.10 bits per heavy atom. The van der Waals surface area contributed by atoms with Crippen LogP contribution in [0.2, 0.25) is 0 Å². The molecular weight excluding hydrogens is 260 g/mol. The van der Waals surface area contributed by atoms with Crippen LogP contribution in [-0.2, 0) is 14.3 Å². The van der Waals surface area contributed by atoms with Crippen molar-refractivity contribution in [1.82, 2.24) is 0 Å². The Morgan fingerprint density at radius 2 is 1.70 bits per heavy atom. The van der Waals surface area contributed by atoms with Gasteiger partial charge >= 0.3 is 11.9 Å². The molecule has 0 amide bonds. The Balaban J connectivity index is 0.00000110. The highest BCUT2D eigenvalue weighted by Crippen LogP contribution is 2.21. The van der Waals surface area contributed by atoms with Gasteiger partial charge in [-0.3, -0.25) is 4.79 Å². The first-order valence-electron chi connectivity index (χ1n) is 6.14. The summed E-state index contributed by atoms with van der Waals surface area (Å²) in [6.07, 6.45) is -0.340. The summed E-state index contributed by atoms with van der Waals surface area (Å²) in [6.45, 7) is 3.64. The lowest BCUT2D eigenvalue weighted by Gasteiger charge is -2.08. The standard InChI is InChI=1S/C13H14O4.C2H6O/c1-9(10-6-4-3-5-7-10)11(8-12(14)15)13(16)17-2;1-2-3/h3-7H,8H2,1-2H3,(H,14,15);3H,2H2,1H3/b11-9+;. The fraction of sp³-hybridized carbons (Fsp3) is 0.333. The lowest BCUT2D eigenvalue weighted by atomic mass is 9.99. The molecule has 20 heavy (non-hydrogen) atoms. The lowest BCUT2D eigenvalue weighted by Crippen LogP contribution is -2.11. The molecule has 0 aliphatic heterocycles. The maximum atomic E-state index is 11.5. The Kier molecular flexibility index (Phi) is 8.70. The largest absolute Gasteiger partial charge is 0.481 e. The minimum atomic E-state index is -1.05. The van der Waals surface area contributed by atoms with Crippen LogP contribution >= 0.6 is 0 Å². The van der Waals surface area contributed by atoms with Crippen LogP contribution < -0.4 is 0 Å². The molecule has 0 saturated heterocycles. The quantitative estimate of drug-likeness (QED) is 0.652. The molecule has 0 radical (unpaired) electrons. The Morgan fingerprint density at radius 1 is 1.20 bits per heavy atom. The summed E-state index contributed by atoms with van der Waals surface area (Å²) >= 11 is 0. The topological polar surface area (TPSA) is 83.8 Å². The second-order valence-corrected chi connectivity index (χ2v) is 3.85. The van der Waals surface area contributed by atoms with Crippen LogP contribution in [0.5, 0.6) is 0 Å². The Labute approximate surface area is 118 Å². The van der Waals surface area contributed by atoms with E-state index in [-0.39, 0.29) is 18.6 Å². The van der Waals surface area contributed by atoms with E-state index in [2.05, 4.69) is 4.74 Å². The number of hydrogen-bond acceptors (Lipinski definition) is 4. The molecule has 0 spiro atoms. The molecule has 1 aromatic carbocycles. The molecule has 2 N–H and O–H groups in total. The van der Waals surface area contributed by atoms with Gasteiger partial charge in [-0.25, -0.2) is 4.79 Å². The van der Waals surface area contributed by atoms with E-state index in [1.54, 1.807) is 13.8 Å². The highest BCUT2D eigenvalue weighted by Gasteiger charge is 2.17. The number of carbonyl (C=O) groups is 2. The smallest absolute Gasteiger partial charge is 0.334 e. The number of carboxylic acids is 1. The van der Waals surface area contributed by atoms with Gasteiger partial charge in [-0.15, -0.1) is 0 Å². The van der Waals surface area contributed by atoms with Gasteiger partial charge in [-0.05, 0) is 25.0 Å². The Hall–Kier alpha value is -2.14. The maximum Gasteiger partial charge on any atom is 0.334 e. The third kappa shape index (κ3) is 6.15. The second kappa shape index (κ2) is 9.75. The summed E-state index contributed by atoms with van der Waals surface area (Å²) < 4.78 is 4.60. The van der Waals surface area contributed by atoms with Crippen molar-refractivity contribution in [3.05, 3.63) is 41.5 Å². The number of benzene rings is 1. The van der Waals surface area contributed by atoms with Crippen molar-refractivity contribution in [2.75, 3.05) is 13.7 Å². The lowest BCUT2D eigenvalue weighted by molar-refractivity contribution is -0.141. The van der Waals surface area contributed by atoms with Gasteiger partial charge in [0.05, 0.1) is 19.1 Å². The van der Waals surface area contributed by atoms with Crippen molar-refractivity contribution in [2.24, 2.45) is 0 Å². The number of aliphatic hydroxyl groups is 1. The van der Waals surface area contributed by atoms with E-state index in [1.165, 1.54) is 7.11 Å². The van der Waals surface area contributed by atoms with Crippen LogP contribution in [0, 0.1) is 0 Å². The SMILES string of the molecule is CCO.COC(=O)/C(CC(=O)O)=C(\C)c1ccccc1. The number of aliphatic carboxylic acids is 1. The first-order valence-corrected chi connectivity index (χ1v) is 6.14. The number of hydrogen-bond donors (Lipinski definition) is 2. The average Bonchev–Trinajstić information content (AvgIpc) is 2.45. The molecule has 5 heteroatoms. The predicted molar refractivity (Wildman–Crippen MR) is 76.1 cm³/mol. The second-order valence-electron chi connectivity index (χ2n) is 3.85. The van der Waals surface area contributed by atoms with Crippen LogP contribution in [0.25, 0.3) is 5.57 Å². The van der Waals surface area contributed by atoms with E-state index in [1.807, 2.05) is 30.3 Å². The first kappa shape index (κ1) is 17.9. The van der Waals surface area contributed by atoms with E-state index in [9.17, 15) is 9.59 Å². The van der Waals surface area contributed by atoms with Crippen LogP contribution in [0.3, 0.4) is 0 Å². The number of allylic oxidation sites excluding steroid dienone is 1. The monoisotopic (exact) mass is 280 g/mol. The molecule has 1 aromatic rings. The van der Waals surface area contributed by atoms with Crippen LogP contribution in [0.15, 0.2) is 35.9 Å². The number of ether oxygens (including phenoxy) is 1. The van der Waals surface area contributed by atoms with Crippen LogP contribution in [0.4, 0.5) is 0 Å². The zero-order valence-corrected chi connectivity index (χ0v) is 11.9. The molecule has 0 unspecified atom stereocenters. The molecule has 0 saturated carbocycles. The molecule has 0 aliphatic carbocycles. The molecule has 0 atom stereocenters. The van der Waals surface area contributed by atoms with Gasteiger partial charge in [0.25, 0.3) is 0 Å². The average molecular weight is 280 g/mol. The minimum Gasteiger partial charge on any atom is -0.481 e. The normalized spacial score (nSPS) is 10.8. The van der Waals surface area contributed by atoms with E-state index >= 15 is 0 Å². The third-order valence-electron chi connectivity index (χ3n) is 2.42. The van der Waals surface area contributed by atoms with E-state index in [4.69, 9.17) is 10.2 Å². The summed E-state index contributed by atoms with van der Waals surface area (Å²) in [5.74, 6) is -1.66. The molecule has 1 rings (SSSR count). The molecule has 110 valence electrons. The molecule has 0 bridgehead atoms. The first-order chi connectivity index (χ1) is 9.47. The zero-order chi connectivity index (χ0) is 15.5. The van der Waals surface area contributed by atoms with Gasteiger partial charge in [-0.1, -0.05) is 30.3 Å². The van der Waals surface area contributed by atoms with Crippen LogP contribution in [0.1, 0.15) is 25.8 Å². The van der Waals surface area contributed by atoms with Gasteiger partial charge in [0, 0.05) is 6.61 Å². The number of esters is 1. The fourth-order valence-electron chi connectivity index (χ4n) is 1.49. The van der Waals surface area contributed by atoms with Gasteiger partial charge in [0.15, 0.2) is 0 Å². The number of aliphatic hydroxyl groups excluding tert-OH is 1. The molecule has 0 aromatic heterocycles. The van der Waals surface area contributed by atoms with Gasteiger partial charge in [0.2, 0.25) is 0 Å². The minimum absolute atomic E-state index is 0.172. The van der Waals surface area contributed by atoms with Crippen molar-refractivity contribution >= 4 is 17.5 Å². The molecule has 0 fully saturated rings. The van der Waals surface area contributed by atoms with Crippen molar-refractivity contribution in [2.45, 2.75) is 20.3 Å². The summed E-state index contributed by atoms with van der Waals surface area (Å²) in [6, 6.07) is 9.15. The zero-order valence-electron chi connectivity index (χ0n) is 11.9. The Bertz CT molecular complexity index is 462. The van der Waals surface area contributed by atoms with E-state index < -0.39 is 11.9 Å². The summed E-state index contributed by atoms with van der Waals surface area (Å²) in [5.41, 5.74) is 1.61. The molecule has 0 heterocycles. The van der Waals surface area contributed by atoms with Crippen molar-refractivity contribution in [3.63, 3.8) is 0 Å². The highest BCUT2D eigenvalue weighted by atomic mass is 16.5. The van der Waals surface area contributed by atoms with Crippen molar-refractivity contribution in [3.8, 4) is 0 Å². The number of carbonyl (C=O) groups excluding carboxylic acids is 1. The van der Waals surface area contributed by atoms with E-state index in [0.717, 1.165) is 5.56 Å². The van der Waals surface area contributed by atoms with Crippen molar-refractivity contribution in [1.29, 1.82) is 0 Å². The number of methoxy groups -OCH3 is 1. The highest BCUT2D eigenvalue weighted by molar-refractivity contribution is 6.00. The molecular formula is C15H20O5. The summed E-state index contributed by atoms with van der Waals surface area (Å²) in [4.78, 5) is 22.2. The summed E-state index contributed by atoms with van der Waals surface area (Å²) in [7, 11) is 1.24. The number of rotatable bonds is 4. The molecule has 0 aliphatic rings. The summed E-state index contributed by atoms with van der Waals surface area (Å²) in [5, 5.41) is 16.4. The predicted octanol–water partition coefficient (Wildman–Crippen LogP) is 2.11. The molecule has 5 nitrogen and oxygen atoms in total. The third-order valence-corrected chi connectivity index (χ3v) is 2.42. The maximum absolute atomic E-state index is 11.5. The van der Waals surface area contributed by atoms with Gasteiger partial charge in [-0.2, -0.15) is 0 Å². The van der Waals surface area contributed by atoms with Crippen molar-refractivity contribution < 1.29 is 24.5 Å².